The first-order valence-corrected chi connectivity index (χ1v) is 13.0. The number of carbonyl (C=O) groups excluding carboxylic acids is 1. The maximum Gasteiger partial charge on any atom is 0.234 e. The summed E-state index contributed by atoms with van der Waals surface area (Å²) >= 11 is 0. The van der Waals surface area contributed by atoms with Crippen molar-refractivity contribution in [3.05, 3.63) is 102 Å². The van der Waals surface area contributed by atoms with Crippen molar-refractivity contribution < 1.29 is 14.6 Å². The van der Waals surface area contributed by atoms with Crippen molar-refractivity contribution in [1.82, 2.24) is 15.2 Å². The monoisotopic (exact) mass is 497 g/mol. The van der Waals surface area contributed by atoms with Gasteiger partial charge in [-0.05, 0) is 66.7 Å². The summed E-state index contributed by atoms with van der Waals surface area (Å²) in [7, 11) is 1.66. The number of hydrogen-bond donors (Lipinski definition) is 3. The van der Waals surface area contributed by atoms with Crippen LogP contribution in [0, 0.1) is 5.92 Å². The van der Waals surface area contributed by atoms with Gasteiger partial charge in [-0.25, -0.2) is 0 Å². The zero-order valence-corrected chi connectivity index (χ0v) is 21.3. The minimum atomic E-state index is -0.446. The van der Waals surface area contributed by atoms with Gasteiger partial charge in [0.15, 0.2) is 0 Å². The first-order chi connectivity index (χ1) is 18.1. The molecule has 5 rings (SSSR count). The molecule has 0 spiro atoms. The van der Waals surface area contributed by atoms with E-state index in [-0.39, 0.29) is 17.7 Å². The first-order valence-electron chi connectivity index (χ1n) is 13.0. The summed E-state index contributed by atoms with van der Waals surface area (Å²) in [5.41, 5.74) is 4.35. The normalized spacial score (nSPS) is 16.4. The minimum Gasteiger partial charge on any atom is -0.497 e. The Morgan fingerprint density at radius 1 is 1.00 bits per heavy atom. The number of aromatic amines is 1. The highest BCUT2D eigenvalue weighted by Gasteiger charge is 2.27. The number of aliphatic hydroxyl groups excluding tert-OH is 1. The highest BCUT2D eigenvalue weighted by atomic mass is 16.5. The number of likely N-dealkylation sites (tertiary alicyclic amines) is 1. The van der Waals surface area contributed by atoms with Gasteiger partial charge >= 0.3 is 0 Å². The third kappa shape index (κ3) is 5.87. The molecule has 0 aliphatic carbocycles. The van der Waals surface area contributed by atoms with Gasteiger partial charge in [0, 0.05) is 29.6 Å². The standard InChI is InChI=1S/C31H35N3O3/c1-37-25-13-11-22(12-14-25)27(28-20-32-29-10-6-5-9-26(28)29)19-33-30(35)21-34-17-15-24(16-18-34)31(36)23-7-3-2-4-8-23/h2-14,20,24,27,31-32,36H,15-19,21H2,1H3,(H,33,35). The second-order valence-corrected chi connectivity index (χ2v) is 9.89. The van der Waals surface area contributed by atoms with Crippen LogP contribution < -0.4 is 10.1 Å². The van der Waals surface area contributed by atoms with Crippen molar-refractivity contribution in [3.63, 3.8) is 0 Å². The van der Waals surface area contributed by atoms with E-state index in [4.69, 9.17) is 4.74 Å². The van der Waals surface area contributed by atoms with Crippen molar-refractivity contribution in [1.29, 1.82) is 0 Å². The highest BCUT2D eigenvalue weighted by Crippen LogP contribution is 2.32. The predicted molar refractivity (Wildman–Crippen MR) is 147 cm³/mol. The van der Waals surface area contributed by atoms with Crippen molar-refractivity contribution in [2.45, 2.75) is 24.9 Å². The van der Waals surface area contributed by atoms with E-state index in [0.29, 0.717) is 13.1 Å². The number of nitrogens with zero attached hydrogens (tertiary/aromatic N) is 1. The van der Waals surface area contributed by atoms with E-state index in [2.05, 4.69) is 45.7 Å². The molecule has 1 saturated heterocycles. The number of piperidine rings is 1. The van der Waals surface area contributed by atoms with E-state index in [0.717, 1.165) is 59.3 Å². The molecular formula is C31H35N3O3. The van der Waals surface area contributed by atoms with Gasteiger partial charge in [-0.3, -0.25) is 9.69 Å². The number of carbonyl (C=O) groups is 1. The summed E-state index contributed by atoms with van der Waals surface area (Å²) in [6.45, 7) is 2.51. The molecule has 1 aliphatic heterocycles. The summed E-state index contributed by atoms with van der Waals surface area (Å²) in [5.74, 6) is 1.08. The molecule has 4 aromatic rings. The Morgan fingerprint density at radius 2 is 1.70 bits per heavy atom. The Bertz CT molecular complexity index is 1290. The number of aromatic nitrogens is 1. The van der Waals surface area contributed by atoms with Crippen molar-refractivity contribution in [2.75, 3.05) is 33.3 Å². The molecule has 6 heteroatoms. The van der Waals surface area contributed by atoms with Crippen LogP contribution in [0.3, 0.4) is 0 Å². The van der Waals surface area contributed by atoms with Crippen LogP contribution in [-0.2, 0) is 4.79 Å². The lowest BCUT2D eigenvalue weighted by Crippen LogP contribution is -2.43. The van der Waals surface area contributed by atoms with Gasteiger partial charge in [0.05, 0.1) is 19.8 Å². The van der Waals surface area contributed by atoms with Gasteiger partial charge in [-0.1, -0.05) is 60.7 Å². The van der Waals surface area contributed by atoms with E-state index in [1.807, 2.05) is 54.6 Å². The lowest BCUT2D eigenvalue weighted by molar-refractivity contribution is -0.122. The zero-order valence-electron chi connectivity index (χ0n) is 21.3. The smallest absolute Gasteiger partial charge is 0.234 e. The Hall–Kier alpha value is -3.61. The molecule has 0 radical (unpaired) electrons. The number of amides is 1. The van der Waals surface area contributed by atoms with Gasteiger partial charge in [-0.2, -0.15) is 0 Å². The van der Waals surface area contributed by atoms with Crippen LogP contribution in [0.15, 0.2) is 85.1 Å². The van der Waals surface area contributed by atoms with Crippen LogP contribution in [0.4, 0.5) is 0 Å². The number of benzene rings is 3. The summed E-state index contributed by atoms with van der Waals surface area (Å²) < 4.78 is 5.34. The average molecular weight is 498 g/mol. The predicted octanol–water partition coefficient (Wildman–Crippen LogP) is 4.87. The number of para-hydroxylation sites is 1. The Labute approximate surface area is 218 Å². The molecule has 1 aromatic heterocycles. The molecule has 3 aromatic carbocycles. The lowest BCUT2D eigenvalue weighted by atomic mass is 9.87. The van der Waals surface area contributed by atoms with E-state index in [1.165, 1.54) is 0 Å². The number of ether oxygens (including phenoxy) is 1. The number of aliphatic hydroxyl groups is 1. The third-order valence-corrected chi connectivity index (χ3v) is 7.61. The second-order valence-electron chi connectivity index (χ2n) is 9.89. The minimum absolute atomic E-state index is 0.0118. The van der Waals surface area contributed by atoms with Gasteiger partial charge in [0.2, 0.25) is 5.91 Å². The van der Waals surface area contributed by atoms with Crippen LogP contribution in [0.1, 0.15) is 41.6 Å². The topological polar surface area (TPSA) is 77.6 Å². The Kier molecular flexibility index (Phi) is 7.87. The average Bonchev–Trinajstić information content (AvgIpc) is 3.38. The van der Waals surface area contributed by atoms with Gasteiger partial charge < -0.3 is 20.1 Å². The molecule has 6 nitrogen and oxygen atoms in total. The maximum atomic E-state index is 13.0. The molecule has 2 unspecified atom stereocenters. The van der Waals surface area contributed by atoms with Gasteiger partial charge in [0.1, 0.15) is 5.75 Å². The maximum absolute atomic E-state index is 13.0. The number of methoxy groups -OCH3 is 1. The molecule has 2 atom stereocenters. The van der Waals surface area contributed by atoms with E-state index in [9.17, 15) is 9.90 Å². The summed E-state index contributed by atoms with van der Waals surface area (Å²) in [4.78, 5) is 18.6. The van der Waals surface area contributed by atoms with Gasteiger partial charge in [-0.15, -0.1) is 0 Å². The van der Waals surface area contributed by atoms with Crippen molar-refractivity contribution >= 4 is 16.8 Å². The number of hydrogen-bond acceptors (Lipinski definition) is 4. The van der Waals surface area contributed by atoms with Crippen molar-refractivity contribution in [3.8, 4) is 5.75 Å². The molecule has 0 saturated carbocycles. The van der Waals surface area contributed by atoms with Crippen LogP contribution in [0.2, 0.25) is 0 Å². The largest absolute Gasteiger partial charge is 0.497 e. The number of fused-ring (bicyclic) bond motifs is 1. The summed E-state index contributed by atoms with van der Waals surface area (Å²) in [5, 5.41) is 15.1. The Morgan fingerprint density at radius 3 is 2.43 bits per heavy atom. The van der Waals surface area contributed by atoms with Crippen molar-refractivity contribution in [2.24, 2.45) is 5.92 Å². The first kappa shape index (κ1) is 25.1. The highest BCUT2D eigenvalue weighted by molar-refractivity contribution is 5.84. The molecule has 1 amide bonds. The fourth-order valence-corrected chi connectivity index (χ4v) is 5.45. The third-order valence-electron chi connectivity index (χ3n) is 7.61. The molecule has 1 fully saturated rings. The fraction of sp³-hybridized carbons (Fsp3) is 0.323. The molecule has 0 bridgehead atoms. The molecule has 192 valence electrons. The SMILES string of the molecule is COc1ccc(C(CNC(=O)CN2CCC(C(O)c3ccccc3)CC2)c2c[nH]c3ccccc23)cc1. The van der Waals surface area contributed by atoms with Crippen LogP contribution in [0.5, 0.6) is 5.75 Å². The second kappa shape index (κ2) is 11.6. The van der Waals surface area contributed by atoms with E-state index in [1.54, 1.807) is 7.11 Å². The quantitative estimate of drug-likeness (QED) is 0.308. The molecule has 1 aliphatic rings. The molecule has 3 N–H and O–H groups in total. The molecule has 37 heavy (non-hydrogen) atoms. The zero-order chi connectivity index (χ0) is 25.6. The number of H-pyrrole nitrogens is 1. The molecular weight excluding hydrogens is 462 g/mol. The summed E-state index contributed by atoms with van der Waals surface area (Å²) in [6, 6.07) is 26.2. The lowest BCUT2D eigenvalue weighted by Gasteiger charge is -2.34. The Balaban J connectivity index is 1.21. The number of rotatable bonds is 9. The fourth-order valence-electron chi connectivity index (χ4n) is 5.45. The van der Waals surface area contributed by atoms with Crippen LogP contribution >= 0.6 is 0 Å². The number of nitrogens with one attached hydrogen (secondary N) is 2. The summed E-state index contributed by atoms with van der Waals surface area (Å²) in [6.07, 6.45) is 3.37. The van der Waals surface area contributed by atoms with E-state index < -0.39 is 6.10 Å². The molecule has 2 heterocycles. The van der Waals surface area contributed by atoms with Crippen LogP contribution in [0.25, 0.3) is 10.9 Å². The van der Waals surface area contributed by atoms with E-state index >= 15 is 0 Å². The van der Waals surface area contributed by atoms with Gasteiger partial charge in [0.25, 0.3) is 0 Å². The van der Waals surface area contributed by atoms with Crippen LogP contribution in [-0.4, -0.2) is 54.2 Å².